The van der Waals surface area contributed by atoms with Crippen molar-refractivity contribution >= 4 is 5.91 Å². The minimum atomic E-state index is 0.215. The molecule has 0 aromatic carbocycles. The van der Waals surface area contributed by atoms with Crippen LogP contribution in [0.2, 0.25) is 0 Å². The largest absolute Gasteiger partial charge is 0.348 e. The molecule has 1 unspecified atom stereocenters. The highest BCUT2D eigenvalue weighted by molar-refractivity contribution is 5.77. The highest BCUT2D eigenvalue weighted by atomic mass is 16.2. The van der Waals surface area contributed by atoms with Crippen molar-refractivity contribution in [2.75, 3.05) is 40.3 Å². The van der Waals surface area contributed by atoms with Crippen molar-refractivity contribution in [3.8, 4) is 0 Å². The van der Waals surface area contributed by atoms with E-state index in [4.69, 9.17) is 0 Å². The molecule has 1 fully saturated rings. The first-order valence-electron chi connectivity index (χ1n) is 8.72. The predicted octanol–water partition coefficient (Wildman–Crippen LogP) is 2.34. The van der Waals surface area contributed by atoms with E-state index >= 15 is 0 Å². The number of amides is 1. The van der Waals surface area contributed by atoms with Crippen LogP contribution in [0.3, 0.4) is 0 Å². The van der Waals surface area contributed by atoms with Crippen LogP contribution >= 0.6 is 0 Å². The first-order valence-corrected chi connectivity index (χ1v) is 8.72. The maximum Gasteiger partial charge on any atom is 0.236 e. The number of unbranched alkanes of at least 4 members (excludes halogenated alkanes) is 1. The molecule has 124 valence electrons. The Bertz CT molecular complexity index is 286. The number of hydrogen-bond acceptors (Lipinski definition) is 3. The molecule has 1 heterocycles. The van der Waals surface area contributed by atoms with E-state index in [2.05, 4.69) is 24.1 Å². The van der Waals surface area contributed by atoms with E-state index in [1.807, 2.05) is 14.1 Å². The van der Waals surface area contributed by atoms with Crippen LogP contribution in [0.25, 0.3) is 0 Å². The summed E-state index contributed by atoms with van der Waals surface area (Å²) in [6.07, 6.45) is 7.63. The summed E-state index contributed by atoms with van der Waals surface area (Å²) < 4.78 is 0. The van der Waals surface area contributed by atoms with Crippen LogP contribution in [0.15, 0.2) is 0 Å². The summed E-state index contributed by atoms with van der Waals surface area (Å²) in [6, 6.07) is 0.645. The standard InChI is InChI=1S/C17H35N3O/c1-5-7-8-15(6-2)13-18-16-9-11-20(12-10-16)14-17(21)19(3)4/h15-16,18H,5-14H2,1-4H3. The molecule has 0 saturated carbocycles. The zero-order chi connectivity index (χ0) is 15.7. The SMILES string of the molecule is CCCCC(CC)CNC1CCN(CC(=O)N(C)C)CC1. The van der Waals surface area contributed by atoms with Gasteiger partial charge in [-0.1, -0.05) is 33.1 Å². The van der Waals surface area contributed by atoms with Gasteiger partial charge in [-0.15, -0.1) is 0 Å². The zero-order valence-electron chi connectivity index (χ0n) is 14.5. The summed E-state index contributed by atoms with van der Waals surface area (Å²) in [7, 11) is 3.66. The van der Waals surface area contributed by atoms with Crippen LogP contribution in [0.1, 0.15) is 52.4 Å². The van der Waals surface area contributed by atoms with E-state index in [1.54, 1.807) is 4.90 Å². The van der Waals surface area contributed by atoms with Crippen molar-refractivity contribution in [2.45, 2.75) is 58.4 Å². The van der Waals surface area contributed by atoms with Gasteiger partial charge in [0.05, 0.1) is 6.54 Å². The number of rotatable bonds is 9. The van der Waals surface area contributed by atoms with Crippen molar-refractivity contribution < 1.29 is 4.79 Å². The summed E-state index contributed by atoms with van der Waals surface area (Å²) >= 11 is 0. The molecule has 1 saturated heterocycles. The second kappa shape index (κ2) is 10.2. The molecule has 4 nitrogen and oxygen atoms in total. The molecule has 4 heteroatoms. The first-order chi connectivity index (χ1) is 10.1. The van der Waals surface area contributed by atoms with Crippen molar-refractivity contribution in [1.29, 1.82) is 0 Å². The minimum Gasteiger partial charge on any atom is -0.348 e. The van der Waals surface area contributed by atoms with Gasteiger partial charge >= 0.3 is 0 Å². The molecule has 1 atom stereocenters. The molecular weight excluding hydrogens is 262 g/mol. The van der Waals surface area contributed by atoms with Crippen molar-refractivity contribution in [2.24, 2.45) is 5.92 Å². The van der Waals surface area contributed by atoms with E-state index < -0.39 is 0 Å². The molecule has 0 spiro atoms. The van der Waals surface area contributed by atoms with E-state index in [-0.39, 0.29) is 5.91 Å². The van der Waals surface area contributed by atoms with Crippen LogP contribution in [0.5, 0.6) is 0 Å². The van der Waals surface area contributed by atoms with Crippen LogP contribution in [-0.4, -0.2) is 62.0 Å². The number of nitrogens with one attached hydrogen (secondary N) is 1. The van der Waals surface area contributed by atoms with Crippen LogP contribution in [-0.2, 0) is 4.79 Å². The summed E-state index contributed by atoms with van der Waals surface area (Å²) in [4.78, 5) is 15.7. The van der Waals surface area contributed by atoms with Gasteiger partial charge < -0.3 is 10.2 Å². The number of hydrogen-bond donors (Lipinski definition) is 1. The van der Waals surface area contributed by atoms with Crippen LogP contribution < -0.4 is 5.32 Å². The van der Waals surface area contributed by atoms with Gasteiger partial charge in [-0.3, -0.25) is 9.69 Å². The van der Waals surface area contributed by atoms with Gasteiger partial charge in [0.15, 0.2) is 0 Å². The monoisotopic (exact) mass is 297 g/mol. The van der Waals surface area contributed by atoms with Gasteiger partial charge in [0.25, 0.3) is 0 Å². The lowest BCUT2D eigenvalue weighted by atomic mass is 9.97. The quantitative estimate of drug-likeness (QED) is 0.709. The number of nitrogens with zero attached hydrogens (tertiary/aromatic N) is 2. The third kappa shape index (κ3) is 7.28. The van der Waals surface area contributed by atoms with E-state index in [0.717, 1.165) is 25.6 Å². The lowest BCUT2D eigenvalue weighted by Gasteiger charge is -2.33. The number of carbonyl (C=O) groups is 1. The fraction of sp³-hybridized carbons (Fsp3) is 0.941. The Labute approximate surface area is 131 Å². The fourth-order valence-corrected chi connectivity index (χ4v) is 2.90. The molecule has 1 N–H and O–H groups in total. The predicted molar refractivity (Wildman–Crippen MR) is 89.5 cm³/mol. The van der Waals surface area contributed by atoms with Gasteiger partial charge in [-0.2, -0.15) is 0 Å². The topological polar surface area (TPSA) is 35.6 Å². The maximum absolute atomic E-state index is 11.7. The average molecular weight is 297 g/mol. The third-order valence-electron chi connectivity index (χ3n) is 4.68. The Hall–Kier alpha value is -0.610. The van der Waals surface area contributed by atoms with Gasteiger partial charge in [-0.05, 0) is 31.7 Å². The highest BCUT2D eigenvalue weighted by Gasteiger charge is 2.21. The average Bonchev–Trinajstić information content (AvgIpc) is 2.49. The molecule has 0 aliphatic carbocycles. The number of carbonyl (C=O) groups excluding carboxylic acids is 1. The molecule has 0 aromatic heterocycles. The van der Waals surface area contributed by atoms with Gasteiger partial charge in [-0.25, -0.2) is 0 Å². The van der Waals surface area contributed by atoms with Gasteiger partial charge in [0.2, 0.25) is 5.91 Å². The second-order valence-corrected chi connectivity index (χ2v) is 6.66. The van der Waals surface area contributed by atoms with Gasteiger partial charge in [0, 0.05) is 33.2 Å². The Balaban J connectivity index is 2.19. The lowest BCUT2D eigenvalue weighted by Crippen LogP contribution is -2.46. The summed E-state index contributed by atoms with van der Waals surface area (Å²) in [5, 5.41) is 3.76. The number of likely N-dealkylation sites (tertiary alicyclic amines) is 1. The molecule has 21 heavy (non-hydrogen) atoms. The molecular formula is C17H35N3O. The van der Waals surface area contributed by atoms with Crippen molar-refractivity contribution in [1.82, 2.24) is 15.1 Å². The number of likely N-dealkylation sites (N-methyl/N-ethyl adjacent to an activating group) is 1. The van der Waals surface area contributed by atoms with E-state index in [0.29, 0.717) is 12.6 Å². The Morgan fingerprint density at radius 2 is 1.95 bits per heavy atom. The molecule has 1 amide bonds. The van der Waals surface area contributed by atoms with Gasteiger partial charge in [0.1, 0.15) is 0 Å². The summed E-state index contributed by atoms with van der Waals surface area (Å²) in [5.41, 5.74) is 0. The number of piperidine rings is 1. The van der Waals surface area contributed by atoms with Crippen molar-refractivity contribution in [3.63, 3.8) is 0 Å². The normalized spacial score (nSPS) is 18.7. The smallest absolute Gasteiger partial charge is 0.236 e. The van der Waals surface area contributed by atoms with Crippen LogP contribution in [0.4, 0.5) is 0 Å². The zero-order valence-corrected chi connectivity index (χ0v) is 14.5. The molecule has 0 bridgehead atoms. The molecule has 1 aliphatic heterocycles. The Morgan fingerprint density at radius 3 is 2.48 bits per heavy atom. The van der Waals surface area contributed by atoms with E-state index in [1.165, 1.54) is 38.5 Å². The van der Waals surface area contributed by atoms with Crippen LogP contribution in [0, 0.1) is 5.92 Å². The molecule has 1 rings (SSSR count). The molecule has 0 aromatic rings. The maximum atomic E-state index is 11.7. The van der Waals surface area contributed by atoms with Crippen molar-refractivity contribution in [3.05, 3.63) is 0 Å². The summed E-state index contributed by atoms with van der Waals surface area (Å²) in [6.45, 7) is 8.40. The Morgan fingerprint density at radius 1 is 1.29 bits per heavy atom. The van der Waals surface area contributed by atoms with E-state index in [9.17, 15) is 4.79 Å². The minimum absolute atomic E-state index is 0.215. The lowest BCUT2D eigenvalue weighted by molar-refractivity contribution is -0.130. The fourth-order valence-electron chi connectivity index (χ4n) is 2.90. The summed E-state index contributed by atoms with van der Waals surface area (Å²) in [5.74, 6) is 1.05. The second-order valence-electron chi connectivity index (χ2n) is 6.66. The molecule has 1 aliphatic rings. The highest BCUT2D eigenvalue weighted by Crippen LogP contribution is 2.14. The third-order valence-corrected chi connectivity index (χ3v) is 4.68. The Kier molecular flexibility index (Phi) is 8.93. The molecule has 0 radical (unpaired) electrons. The first kappa shape index (κ1) is 18.4.